The molecule has 2 heterocycles. The number of hydrogen-bond acceptors (Lipinski definition) is 6. The van der Waals surface area contributed by atoms with Crippen LogP contribution in [0.4, 0.5) is 19.4 Å². The molecule has 0 bridgehead atoms. The van der Waals surface area contributed by atoms with Gasteiger partial charge >= 0.3 is 6.09 Å². The third kappa shape index (κ3) is 4.76. The zero-order valence-corrected chi connectivity index (χ0v) is 15.0. The fraction of sp³-hybridized carbons (Fsp3) is 0.529. The van der Waals surface area contributed by atoms with E-state index >= 15 is 0 Å². The first-order valence-electron chi connectivity index (χ1n) is 8.75. The van der Waals surface area contributed by atoms with Gasteiger partial charge in [0.2, 0.25) is 0 Å². The number of nitrogens with zero attached hydrogens (tertiary/aromatic N) is 5. The number of ether oxygens (including phenoxy) is 1. The van der Waals surface area contributed by atoms with E-state index in [1.54, 1.807) is 24.1 Å². The molecule has 0 aromatic carbocycles. The Kier molecular flexibility index (Phi) is 5.94. The van der Waals surface area contributed by atoms with E-state index in [-0.39, 0.29) is 17.9 Å². The van der Waals surface area contributed by atoms with Crippen LogP contribution < -0.4 is 10.6 Å². The minimum absolute atomic E-state index is 0.0826. The van der Waals surface area contributed by atoms with Gasteiger partial charge < -0.3 is 10.5 Å². The summed E-state index contributed by atoms with van der Waals surface area (Å²) in [6.07, 6.45) is 5.62. The van der Waals surface area contributed by atoms with E-state index in [1.807, 2.05) is 0 Å². The zero-order chi connectivity index (χ0) is 19.4. The third-order valence-electron chi connectivity index (χ3n) is 4.52. The van der Waals surface area contributed by atoms with Crippen LogP contribution in [-0.4, -0.2) is 51.0 Å². The molecule has 0 aliphatic heterocycles. The van der Waals surface area contributed by atoms with E-state index in [0.29, 0.717) is 18.5 Å². The highest BCUT2D eigenvalue weighted by molar-refractivity contribution is 5.87. The smallest absolute Gasteiger partial charge is 0.415 e. The molecule has 0 saturated heterocycles. The summed E-state index contributed by atoms with van der Waals surface area (Å²) in [6, 6.07) is -0.132. The number of aryl methyl sites for hydroxylation is 1. The largest absolute Gasteiger partial charge is 0.443 e. The Hall–Kier alpha value is -2.62. The highest BCUT2D eigenvalue weighted by atomic mass is 19.3. The average Bonchev–Trinajstić information content (AvgIpc) is 3.09. The number of carbonyl (C=O) groups excluding carboxylic acids is 1. The standard InChI is InChI=1S/C17H22F2N6O2/c1-24-9-11(6-23-24)14-7-22-16(8-21-14)25(17(26)27-10-15(18)19)13-4-2-12(20)3-5-13/h6-9,12-13,15H,2-5,10,20H2,1H3. The summed E-state index contributed by atoms with van der Waals surface area (Å²) in [5.74, 6) is 0.266. The first-order valence-corrected chi connectivity index (χ1v) is 8.75. The monoisotopic (exact) mass is 380 g/mol. The lowest BCUT2D eigenvalue weighted by Crippen LogP contribution is -2.45. The normalized spacial score (nSPS) is 19.9. The van der Waals surface area contributed by atoms with Crippen molar-refractivity contribution in [3.63, 3.8) is 0 Å². The van der Waals surface area contributed by atoms with Gasteiger partial charge in [-0.1, -0.05) is 0 Å². The van der Waals surface area contributed by atoms with Gasteiger partial charge in [-0.15, -0.1) is 0 Å². The van der Waals surface area contributed by atoms with Gasteiger partial charge in [-0.25, -0.2) is 18.6 Å². The minimum Gasteiger partial charge on any atom is -0.443 e. The summed E-state index contributed by atoms with van der Waals surface area (Å²) < 4.78 is 31.3. The van der Waals surface area contributed by atoms with Crippen LogP contribution in [-0.2, 0) is 11.8 Å². The van der Waals surface area contributed by atoms with Gasteiger partial charge in [0.1, 0.15) is 0 Å². The summed E-state index contributed by atoms with van der Waals surface area (Å²) in [4.78, 5) is 22.4. The molecule has 1 aliphatic carbocycles. The number of rotatable bonds is 5. The molecule has 1 fully saturated rings. The van der Waals surface area contributed by atoms with E-state index in [0.717, 1.165) is 18.4 Å². The van der Waals surface area contributed by atoms with Gasteiger partial charge in [-0.2, -0.15) is 5.10 Å². The summed E-state index contributed by atoms with van der Waals surface area (Å²) in [5, 5.41) is 4.08. The maximum atomic E-state index is 12.4. The molecule has 146 valence electrons. The van der Waals surface area contributed by atoms with E-state index in [9.17, 15) is 13.6 Å². The number of aromatic nitrogens is 4. The highest BCUT2D eigenvalue weighted by Gasteiger charge is 2.31. The van der Waals surface area contributed by atoms with Gasteiger partial charge in [-0.3, -0.25) is 14.6 Å². The lowest BCUT2D eigenvalue weighted by atomic mass is 9.91. The van der Waals surface area contributed by atoms with Gasteiger partial charge in [0.15, 0.2) is 12.4 Å². The van der Waals surface area contributed by atoms with Crippen molar-refractivity contribution in [2.75, 3.05) is 11.5 Å². The van der Waals surface area contributed by atoms with Crippen molar-refractivity contribution in [1.29, 1.82) is 0 Å². The molecule has 1 aliphatic rings. The molecule has 0 unspecified atom stereocenters. The lowest BCUT2D eigenvalue weighted by Gasteiger charge is -2.34. The maximum Gasteiger partial charge on any atom is 0.415 e. The van der Waals surface area contributed by atoms with Gasteiger partial charge in [0, 0.05) is 30.9 Å². The lowest BCUT2D eigenvalue weighted by molar-refractivity contribution is 0.0505. The SMILES string of the molecule is Cn1cc(-c2cnc(N(C(=O)OCC(F)F)C3CCC(N)CC3)cn2)cn1. The fourth-order valence-electron chi connectivity index (χ4n) is 3.14. The molecule has 2 aromatic heterocycles. The molecule has 1 amide bonds. The number of amides is 1. The van der Waals surface area contributed by atoms with Crippen molar-refractivity contribution in [3.05, 3.63) is 24.8 Å². The van der Waals surface area contributed by atoms with Crippen LogP contribution in [0.15, 0.2) is 24.8 Å². The third-order valence-corrected chi connectivity index (χ3v) is 4.52. The number of halogens is 2. The van der Waals surface area contributed by atoms with Crippen LogP contribution in [0, 0.1) is 0 Å². The Balaban J connectivity index is 1.81. The van der Waals surface area contributed by atoms with Crippen molar-refractivity contribution in [2.45, 2.75) is 44.2 Å². The Bertz CT molecular complexity index is 759. The summed E-state index contributed by atoms with van der Waals surface area (Å²) in [6.45, 7) is -0.956. The fourth-order valence-corrected chi connectivity index (χ4v) is 3.14. The molecule has 3 rings (SSSR count). The topological polar surface area (TPSA) is 99.2 Å². The van der Waals surface area contributed by atoms with Crippen LogP contribution in [0.2, 0.25) is 0 Å². The second kappa shape index (κ2) is 8.38. The second-order valence-electron chi connectivity index (χ2n) is 6.57. The van der Waals surface area contributed by atoms with Gasteiger partial charge in [-0.05, 0) is 25.7 Å². The summed E-state index contributed by atoms with van der Waals surface area (Å²) in [7, 11) is 1.79. The van der Waals surface area contributed by atoms with Gasteiger partial charge in [0.05, 0.1) is 24.3 Å². The van der Waals surface area contributed by atoms with E-state index in [4.69, 9.17) is 10.5 Å². The molecular formula is C17H22F2N6O2. The van der Waals surface area contributed by atoms with Crippen molar-refractivity contribution < 1.29 is 18.3 Å². The molecule has 10 heteroatoms. The number of alkyl halides is 2. The Labute approximate surface area is 155 Å². The maximum absolute atomic E-state index is 12.4. The van der Waals surface area contributed by atoms with Crippen molar-refractivity contribution in [1.82, 2.24) is 19.7 Å². The first kappa shape index (κ1) is 19.2. The summed E-state index contributed by atoms with van der Waals surface area (Å²) in [5.41, 5.74) is 7.31. The average molecular weight is 380 g/mol. The number of anilines is 1. The molecule has 1 saturated carbocycles. The van der Waals surface area contributed by atoms with E-state index in [1.165, 1.54) is 17.3 Å². The number of hydrogen-bond donors (Lipinski definition) is 1. The van der Waals surface area contributed by atoms with Crippen LogP contribution in [0.5, 0.6) is 0 Å². The highest BCUT2D eigenvalue weighted by Crippen LogP contribution is 2.27. The van der Waals surface area contributed by atoms with Crippen LogP contribution in [0.1, 0.15) is 25.7 Å². The Morgan fingerprint density at radius 2 is 2.04 bits per heavy atom. The minimum atomic E-state index is -2.73. The predicted octanol–water partition coefficient (Wildman–Crippen LogP) is 2.36. The first-order chi connectivity index (χ1) is 12.9. The molecule has 27 heavy (non-hydrogen) atoms. The summed E-state index contributed by atoms with van der Waals surface area (Å²) >= 11 is 0. The van der Waals surface area contributed by atoms with Crippen molar-refractivity contribution >= 4 is 11.9 Å². The molecule has 2 N–H and O–H groups in total. The second-order valence-corrected chi connectivity index (χ2v) is 6.57. The molecular weight excluding hydrogens is 358 g/mol. The quantitative estimate of drug-likeness (QED) is 0.855. The Morgan fingerprint density at radius 1 is 1.30 bits per heavy atom. The number of carbonyl (C=O) groups is 1. The predicted molar refractivity (Wildman–Crippen MR) is 94.3 cm³/mol. The van der Waals surface area contributed by atoms with Crippen LogP contribution in [0.3, 0.4) is 0 Å². The molecule has 0 spiro atoms. The zero-order valence-electron chi connectivity index (χ0n) is 15.0. The van der Waals surface area contributed by atoms with Crippen molar-refractivity contribution in [2.24, 2.45) is 12.8 Å². The molecule has 0 radical (unpaired) electrons. The van der Waals surface area contributed by atoms with E-state index < -0.39 is 19.1 Å². The molecule has 0 atom stereocenters. The molecule has 2 aromatic rings. The van der Waals surface area contributed by atoms with Gasteiger partial charge in [0.25, 0.3) is 6.43 Å². The van der Waals surface area contributed by atoms with E-state index in [2.05, 4.69) is 15.1 Å². The van der Waals surface area contributed by atoms with Crippen LogP contribution >= 0.6 is 0 Å². The number of nitrogens with two attached hydrogens (primary N) is 1. The van der Waals surface area contributed by atoms with Crippen molar-refractivity contribution in [3.8, 4) is 11.3 Å². The molecule has 8 nitrogen and oxygen atoms in total. The Morgan fingerprint density at radius 3 is 2.59 bits per heavy atom. The van der Waals surface area contributed by atoms with Crippen LogP contribution in [0.25, 0.3) is 11.3 Å².